The summed E-state index contributed by atoms with van der Waals surface area (Å²) >= 11 is 1.62. The summed E-state index contributed by atoms with van der Waals surface area (Å²) in [7, 11) is 0. The Morgan fingerprint density at radius 2 is 1.85 bits per heavy atom. The van der Waals surface area contributed by atoms with Gasteiger partial charge in [-0.15, -0.1) is 11.8 Å². The number of hydrogen-bond donors (Lipinski definition) is 1. The lowest BCUT2D eigenvalue weighted by molar-refractivity contribution is -0.0520. The quantitative estimate of drug-likeness (QED) is 0.818. The normalized spacial score (nSPS) is 32.5. The molecule has 6 heteroatoms. The lowest BCUT2D eigenvalue weighted by Crippen LogP contribution is -2.53. The first-order valence-electron chi connectivity index (χ1n) is 9.59. The topological polar surface area (TPSA) is 53.0 Å². The fraction of sp³-hybridized carbons (Fsp3) is 0.650. The number of likely N-dealkylation sites (tertiary alicyclic amines) is 1. The van der Waals surface area contributed by atoms with Crippen molar-refractivity contribution in [3.63, 3.8) is 0 Å². The average Bonchev–Trinajstić information content (AvgIpc) is 3.10. The number of nitrogens with zero attached hydrogens (tertiary/aromatic N) is 2. The number of aliphatic hydroxyl groups is 1. The Morgan fingerprint density at radius 1 is 1.15 bits per heavy atom. The highest BCUT2D eigenvalue weighted by Crippen LogP contribution is 2.39. The molecule has 2 saturated heterocycles. The van der Waals surface area contributed by atoms with Crippen molar-refractivity contribution in [2.45, 2.75) is 29.9 Å². The summed E-state index contributed by atoms with van der Waals surface area (Å²) in [5.74, 6) is 1.06. The van der Waals surface area contributed by atoms with Gasteiger partial charge in [0.1, 0.15) is 0 Å². The zero-order chi connectivity index (χ0) is 18.1. The summed E-state index contributed by atoms with van der Waals surface area (Å²) in [6.07, 6.45) is 3.52. The van der Waals surface area contributed by atoms with Crippen LogP contribution in [-0.2, 0) is 4.74 Å². The van der Waals surface area contributed by atoms with Crippen LogP contribution in [0.25, 0.3) is 0 Å². The summed E-state index contributed by atoms with van der Waals surface area (Å²) < 4.78 is 5.45. The molecule has 1 aromatic carbocycles. The van der Waals surface area contributed by atoms with Gasteiger partial charge >= 0.3 is 0 Å². The molecule has 0 radical (unpaired) electrons. The van der Waals surface area contributed by atoms with Crippen molar-refractivity contribution in [2.24, 2.45) is 11.8 Å². The minimum absolute atomic E-state index is 0.141. The second-order valence-corrected chi connectivity index (χ2v) is 8.53. The third kappa shape index (κ3) is 3.52. The summed E-state index contributed by atoms with van der Waals surface area (Å²) in [6.45, 7) is 4.92. The van der Waals surface area contributed by atoms with Gasteiger partial charge in [-0.1, -0.05) is 12.1 Å². The Morgan fingerprint density at radius 3 is 2.58 bits per heavy atom. The van der Waals surface area contributed by atoms with Crippen LogP contribution in [0.2, 0.25) is 0 Å². The molecule has 1 aromatic rings. The maximum absolute atomic E-state index is 13.1. The second kappa shape index (κ2) is 7.89. The SMILES string of the molecule is CSc1ccccc1C(=O)N1C[C@H]2C[C@@H](N3CCOCC3)[C@H](O)C[C@H]2C1. The first-order chi connectivity index (χ1) is 12.7. The Kier molecular flexibility index (Phi) is 5.55. The molecule has 0 spiro atoms. The van der Waals surface area contributed by atoms with Crippen molar-refractivity contribution in [2.75, 3.05) is 45.6 Å². The van der Waals surface area contributed by atoms with Gasteiger partial charge in [-0.25, -0.2) is 0 Å². The fourth-order valence-corrected chi connectivity index (χ4v) is 5.46. The number of hydrogen-bond acceptors (Lipinski definition) is 5. The van der Waals surface area contributed by atoms with Gasteiger partial charge in [-0.05, 0) is 43.1 Å². The van der Waals surface area contributed by atoms with E-state index in [1.54, 1.807) is 11.8 Å². The standard InChI is InChI=1S/C20H28N2O3S/c1-26-19-5-3-2-4-16(19)20(24)22-12-14-10-17(18(23)11-15(14)13-22)21-6-8-25-9-7-21/h2-5,14-15,17-18,23H,6-13H2,1H3/t14-,15+,17-,18-/m1/s1. The largest absolute Gasteiger partial charge is 0.391 e. The van der Waals surface area contributed by atoms with Crippen LogP contribution in [0.3, 0.4) is 0 Å². The van der Waals surface area contributed by atoms with E-state index < -0.39 is 0 Å². The molecule has 3 fully saturated rings. The molecule has 1 saturated carbocycles. The van der Waals surface area contributed by atoms with Gasteiger partial charge in [0, 0.05) is 37.1 Å². The fourth-order valence-electron chi connectivity index (χ4n) is 4.87. The molecule has 0 aromatic heterocycles. The van der Waals surface area contributed by atoms with Crippen LogP contribution in [0.5, 0.6) is 0 Å². The van der Waals surface area contributed by atoms with Gasteiger partial charge in [0.2, 0.25) is 0 Å². The van der Waals surface area contributed by atoms with Crippen LogP contribution in [-0.4, -0.2) is 78.6 Å². The van der Waals surface area contributed by atoms with E-state index in [1.165, 1.54) is 0 Å². The van der Waals surface area contributed by atoms with Crippen LogP contribution < -0.4 is 0 Å². The monoisotopic (exact) mass is 376 g/mol. The predicted molar refractivity (Wildman–Crippen MR) is 103 cm³/mol. The molecular weight excluding hydrogens is 348 g/mol. The highest BCUT2D eigenvalue weighted by molar-refractivity contribution is 7.98. The smallest absolute Gasteiger partial charge is 0.255 e. The van der Waals surface area contributed by atoms with Crippen molar-refractivity contribution >= 4 is 17.7 Å². The Balaban J connectivity index is 1.45. The van der Waals surface area contributed by atoms with Crippen LogP contribution in [0, 0.1) is 11.8 Å². The zero-order valence-corrected chi connectivity index (χ0v) is 16.2. The molecule has 26 heavy (non-hydrogen) atoms. The van der Waals surface area contributed by atoms with E-state index in [1.807, 2.05) is 35.4 Å². The molecular formula is C20H28N2O3S. The number of morpholine rings is 1. The molecule has 5 nitrogen and oxygen atoms in total. The highest BCUT2D eigenvalue weighted by atomic mass is 32.2. The van der Waals surface area contributed by atoms with Gasteiger partial charge in [-0.3, -0.25) is 9.69 Å². The number of thioether (sulfide) groups is 1. The number of rotatable bonds is 3. The summed E-state index contributed by atoms with van der Waals surface area (Å²) in [5, 5.41) is 10.7. The van der Waals surface area contributed by atoms with E-state index in [0.717, 1.165) is 62.7 Å². The molecule has 2 heterocycles. The average molecular weight is 377 g/mol. The van der Waals surface area contributed by atoms with E-state index in [-0.39, 0.29) is 18.1 Å². The third-order valence-corrected chi connectivity index (χ3v) is 7.04. The van der Waals surface area contributed by atoms with Crippen LogP contribution in [0.4, 0.5) is 0 Å². The van der Waals surface area contributed by atoms with Gasteiger partial charge in [0.25, 0.3) is 5.91 Å². The van der Waals surface area contributed by atoms with Crippen molar-refractivity contribution in [3.8, 4) is 0 Å². The molecule has 4 atom stereocenters. The molecule has 1 aliphatic carbocycles. The Bertz CT molecular complexity index is 650. The number of aliphatic hydroxyl groups excluding tert-OH is 1. The van der Waals surface area contributed by atoms with Crippen molar-refractivity contribution < 1.29 is 14.6 Å². The van der Waals surface area contributed by atoms with Gasteiger partial charge in [0.05, 0.1) is 24.9 Å². The lowest BCUT2D eigenvalue weighted by Gasteiger charge is -2.43. The number of carbonyl (C=O) groups excluding carboxylic acids is 1. The lowest BCUT2D eigenvalue weighted by atomic mass is 9.77. The third-order valence-electron chi connectivity index (χ3n) is 6.25. The minimum atomic E-state index is -0.289. The number of carbonyl (C=O) groups is 1. The number of fused-ring (bicyclic) bond motifs is 1. The van der Waals surface area contributed by atoms with Crippen molar-refractivity contribution in [3.05, 3.63) is 29.8 Å². The molecule has 142 valence electrons. The maximum atomic E-state index is 13.1. The van der Waals surface area contributed by atoms with Crippen molar-refractivity contribution in [1.29, 1.82) is 0 Å². The first-order valence-corrected chi connectivity index (χ1v) is 10.8. The van der Waals surface area contributed by atoms with Crippen LogP contribution in [0.15, 0.2) is 29.2 Å². The zero-order valence-electron chi connectivity index (χ0n) is 15.3. The Hall–Kier alpha value is -1.08. The predicted octanol–water partition coefficient (Wildman–Crippen LogP) is 1.95. The number of ether oxygens (including phenoxy) is 1. The van der Waals surface area contributed by atoms with E-state index in [2.05, 4.69) is 4.90 Å². The summed E-state index contributed by atoms with van der Waals surface area (Å²) in [5.41, 5.74) is 0.809. The molecule has 1 N–H and O–H groups in total. The Labute approximate surface area is 159 Å². The highest BCUT2D eigenvalue weighted by Gasteiger charge is 2.45. The number of benzene rings is 1. The first kappa shape index (κ1) is 18.3. The van der Waals surface area contributed by atoms with E-state index >= 15 is 0 Å². The second-order valence-electron chi connectivity index (χ2n) is 7.69. The summed E-state index contributed by atoms with van der Waals surface area (Å²) in [6, 6.07) is 8.08. The minimum Gasteiger partial charge on any atom is -0.391 e. The molecule has 0 unspecified atom stereocenters. The van der Waals surface area contributed by atoms with E-state index in [9.17, 15) is 9.90 Å². The van der Waals surface area contributed by atoms with Gasteiger partial charge in [0.15, 0.2) is 0 Å². The molecule has 2 aliphatic heterocycles. The summed E-state index contributed by atoms with van der Waals surface area (Å²) in [4.78, 5) is 18.5. The van der Waals surface area contributed by atoms with Crippen molar-refractivity contribution in [1.82, 2.24) is 9.80 Å². The van der Waals surface area contributed by atoms with Gasteiger partial charge < -0.3 is 14.7 Å². The molecule has 3 aliphatic rings. The van der Waals surface area contributed by atoms with Gasteiger partial charge in [-0.2, -0.15) is 0 Å². The molecule has 4 rings (SSSR count). The number of amides is 1. The van der Waals surface area contributed by atoms with E-state index in [4.69, 9.17) is 4.74 Å². The van der Waals surface area contributed by atoms with Crippen LogP contribution in [0.1, 0.15) is 23.2 Å². The molecule has 0 bridgehead atoms. The van der Waals surface area contributed by atoms with E-state index in [0.29, 0.717) is 11.8 Å². The van der Waals surface area contributed by atoms with Crippen LogP contribution >= 0.6 is 11.8 Å². The molecule has 1 amide bonds. The maximum Gasteiger partial charge on any atom is 0.255 e.